The molecule has 1 aliphatic rings. The molecule has 7 heteroatoms. The van der Waals surface area contributed by atoms with Crippen LogP contribution in [0.1, 0.15) is 5.56 Å². The first kappa shape index (κ1) is 14.9. The van der Waals surface area contributed by atoms with E-state index in [4.69, 9.17) is 4.74 Å². The molecule has 0 radical (unpaired) electrons. The summed E-state index contributed by atoms with van der Waals surface area (Å²) in [7, 11) is 1.63. The average molecular weight is 340 g/mol. The Kier molecular flexibility index (Phi) is 3.78. The van der Waals surface area contributed by atoms with Gasteiger partial charge in [0, 0.05) is 5.75 Å². The summed E-state index contributed by atoms with van der Waals surface area (Å²) in [6.07, 6.45) is 0. The normalized spacial score (nSPS) is 13.3. The van der Waals surface area contributed by atoms with Crippen LogP contribution in [0.25, 0.3) is 11.4 Å². The lowest BCUT2D eigenvalue weighted by Crippen LogP contribution is -2.13. The van der Waals surface area contributed by atoms with Crippen molar-refractivity contribution in [1.29, 1.82) is 0 Å². The van der Waals surface area contributed by atoms with Gasteiger partial charge >= 0.3 is 0 Å². The fraction of sp³-hybridized carbons (Fsp3) is 0.118. The van der Waals surface area contributed by atoms with E-state index in [2.05, 4.69) is 15.3 Å². The Bertz CT molecular complexity index is 921. The van der Waals surface area contributed by atoms with Crippen molar-refractivity contribution >= 4 is 17.5 Å². The summed E-state index contributed by atoms with van der Waals surface area (Å²) < 4.78 is 20.9. The van der Waals surface area contributed by atoms with Crippen LogP contribution < -0.4 is 4.74 Å². The van der Waals surface area contributed by atoms with Crippen molar-refractivity contribution in [3.05, 3.63) is 59.9 Å². The second kappa shape index (κ2) is 6.09. The number of fused-ring (bicyclic) bond motifs is 1. The summed E-state index contributed by atoms with van der Waals surface area (Å²) in [4.78, 5) is 0. The standard InChI is InChI=1S/C17H13FN4OS/c1-23-12-8-6-11(7-9-12)15-10-24-17-20-19-16(22(17)21-15)13-4-2-3-5-14(13)18/h2-9H,10H2,1H3. The fourth-order valence-electron chi connectivity index (χ4n) is 2.46. The quantitative estimate of drug-likeness (QED) is 0.733. The van der Waals surface area contributed by atoms with Gasteiger partial charge in [0.1, 0.15) is 11.6 Å². The highest BCUT2D eigenvalue weighted by atomic mass is 32.2. The van der Waals surface area contributed by atoms with Gasteiger partial charge in [-0.25, -0.2) is 4.39 Å². The minimum Gasteiger partial charge on any atom is -0.497 e. The molecule has 0 saturated heterocycles. The molecule has 0 atom stereocenters. The zero-order valence-electron chi connectivity index (χ0n) is 12.8. The molecule has 0 bridgehead atoms. The largest absolute Gasteiger partial charge is 0.497 e. The molecule has 3 aromatic rings. The number of hydrogen-bond acceptors (Lipinski definition) is 5. The van der Waals surface area contributed by atoms with Gasteiger partial charge in [0.15, 0.2) is 5.82 Å². The Morgan fingerprint density at radius 1 is 1.08 bits per heavy atom. The van der Waals surface area contributed by atoms with Crippen LogP contribution in [0.5, 0.6) is 5.75 Å². The Labute approximate surface area is 142 Å². The van der Waals surface area contributed by atoms with Gasteiger partial charge in [0.2, 0.25) is 5.16 Å². The Hall–Kier alpha value is -2.67. The van der Waals surface area contributed by atoms with Crippen LogP contribution in [0, 0.1) is 5.82 Å². The van der Waals surface area contributed by atoms with E-state index in [1.807, 2.05) is 24.3 Å². The third-order valence-corrected chi connectivity index (χ3v) is 4.64. The molecular formula is C17H13FN4OS. The highest BCUT2D eigenvalue weighted by Gasteiger charge is 2.22. The number of halogens is 1. The Morgan fingerprint density at radius 3 is 2.62 bits per heavy atom. The van der Waals surface area contributed by atoms with Gasteiger partial charge in [-0.1, -0.05) is 23.9 Å². The van der Waals surface area contributed by atoms with Gasteiger partial charge in [0.25, 0.3) is 0 Å². The summed E-state index contributed by atoms with van der Waals surface area (Å²) in [6.45, 7) is 0. The predicted octanol–water partition coefficient (Wildman–Crippen LogP) is 3.45. The molecule has 1 aliphatic heterocycles. The average Bonchev–Trinajstić information content (AvgIpc) is 3.05. The first-order valence-electron chi connectivity index (χ1n) is 7.31. The Morgan fingerprint density at radius 2 is 1.88 bits per heavy atom. The van der Waals surface area contributed by atoms with Gasteiger partial charge in [-0.2, -0.15) is 9.78 Å². The van der Waals surface area contributed by atoms with Crippen molar-refractivity contribution in [2.75, 3.05) is 12.9 Å². The van der Waals surface area contributed by atoms with Gasteiger partial charge in [0.05, 0.1) is 18.4 Å². The molecule has 120 valence electrons. The van der Waals surface area contributed by atoms with Crippen molar-refractivity contribution in [2.24, 2.45) is 5.10 Å². The van der Waals surface area contributed by atoms with E-state index in [0.717, 1.165) is 17.0 Å². The lowest BCUT2D eigenvalue weighted by Gasteiger charge is -2.14. The van der Waals surface area contributed by atoms with Crippen molar-refractivity contribution in [1.82, 2.24) is 14.9 Å². The second-order valence-corrected chi connectivity index (χ2v) is 6.10. The number of benzene rings is 2. The molecule has 0 unspecified atom stereocenters. The summed E-state index contributed by atoms with van der Waals surface area (Å²) in [5.74, 6) is 1.53. The molecule has 24 heavy (non-hydrogen) atoms. The summed E-state index contributed by atoms with van der Waals surface area (Å²) >= 11 is 1.53. The number of hydrogen-bond donors (Lipinski definition) is 0. The van der Waals surface area contributed by atoms with E-state index in [1.54, 1.807) is 30.0 Å². The van der Waals surface area contributed by atoms with Gasteiger partial charge in [-0.05, 0) is 42.0 Å². The first-order chi connectivity index (χ1) is 11.8. The van der Waals surface area contributed by atoms with Crippen LogP contribution in [-0.2, 0) is 0 Å². The second-order valence-electron chi connectivity index (χ2n) is 5.16. The molecule has 0 saturated carbocycles. The molecule has 0 aliphatic carbocycles. The van der Waals surface area contributed by atoms with Crippen LogP contribution in [0.15, 0.2) is 58.8 Å². The summed E-state index contributed by atoms with van der Waals surface area (Å²) in [5, 5.41) is 13.5. The molecule has 0 N–H and O–H groups in total. The van der Waals surface area contributed by atoms with E-state index >= 15 is 0 Å². The zero-order valence-corrected chi connectivity index (χ0v) is 13.6. The molecule has 0 spiro atoms. The first-order valence-corrected chi connectivity index (χ1v) is 8.30. The molecule has 2 heterocycles. The van der Waals surface area contributed by atoms with Crippen LogP contribution in [-0.4, -0.2) is 33.4 Å². The van der Waals surface area contributed by atoms with E-state index in [1.165, 1.54) is 17.8 Å². The minimum atomic E-state index is -0.343. The van der Waals surface area contributed by atoms with Gasteiger partial charge < -0.3 is 4.74 Å². The number of aromatic nitrogens is 3. The topological polar surface area (TPSA) is 52.3 Å². The van der Waals surface area contributed by atoms with Crippen LogP contribution in [0.3, 0.4) is 0 Å². The third kappa shape index (κ3) is 2.56. The van der Waals surface area contributed by atoms with Crippen LogP contribution in [0.2, 0.25) is 0 Å². The van der Waals surface area contributed by atoms with Crippen LogP contribution >= 0.6 is 11.8 Å². The lowest BCUT2D eigenvalue weighted by atomic mass is 10.1. The molecule has 5 nitrogen and oxygen atoms in total. The van der Waals surface area contributed by atoms with E-state index in [-0.39, 0.29) is 5.82 Å². The SMILES string of the molecule is COc1ccc(C2=Nn3c(nnc3-c3ccccc3F)SC2)cc1. The lowest BCUT2D eigenvalue weighted by molar-refractivity contribution is 0.415. The predicted molar refractivity (Wildman–Crippen MR) is 91.1 cm³/mol. The highest BCUT2D eigenvalue weighted by molar-refractivity contribution is 7.99. The molecule has 4 rings (SSSR count). The van der Waals surface area contributed by atoms with Gasteiger partial charge in [-0.15, -0.1) is 10.2 Å². The van der Waals surface area contributed by atoms with E-state index in [0.29, 0.717) is 22.3 Å². The van der Waals surface area contributed by atoms with Crippen molar-refractivity contribution in [2.45, 2.75) is 5.16 Å². The number of rotatable bonds is 3. The van der Waals surface area contributed by atoms with E-state index < -0.39 is 0 Å². The molecule has 0 amide bonds. The summed E-state index contributed by atoms with van der Waals surface area (Å²) in [6, 6.07) is 14.2. The smallest absolute Gasteiger partial charge is 0.212 e. The minimum absolute atomic E-state index is 0.343. The zero-order chi connectivity index (χ0) is 16.5. The Balaban J connectivity index is 1.77. The highest BCUT2D eigenvalue weighted by Crippen LogP contribution is 2.29. The number of nitrogens with zero attached hydrogens (tertiary/aromatic N) is 4. The van der Waals surface area contributed by atoms with Crippen LogP contribution in [0.4, 0.5) is 4.39 Å². The maximum Gasteiger partial charge on any atom is 0.212 e. The van der Waals surface area contributed by atoms with Gasteiger partial charge in [-0.3, -0.25) is 0 Å². The van der Waals surface area contributed by atoms with Crippen molar-refractivity contribution in [3.63, 3.8) is 0 Å². The van der Waals surface area contributed by atoms with Crippen molar-refractivity contribution in [3.8, 4) is 17.1 Å². The fourth-order valence-corrected chi connectivity index (χ4v) is 3.30. The maximum absolute atomic E-state index is 14.1. The maximum atomic E-state index is 14.1. The number of thioether (sulfide) groups is 1. The number of ether oxygens (including phenoxy) is 1. The van der Waals surface area contributed by atoms with E-state index in [9.17, 15) is 4.39 Å². The summed E-state index contributed by atoms with van der Waals surface area (Å²) in [5.41, 5.74) is 2.26. The monoisotopic (exact) mass is 340 g/mol. The molecule has 2 aromatic carbocycles. The molecule has 1 aromatic heterocycles. The number of methoxy groups -OCH3 is 1. The molecule has 0 fully saturated rings. The molecular weight excluding hydrogens is 327 g/mol. The van der Waals surface area contributed by atoms with Crippen molar-refractivity contribution < 1.29 is 9.13 Å². The third-order valence-electron chi connectivity index (χ3n) is 3.71.